The van der Waals surface area contributed by atoms with Crippen LogP contribution in [0.1, 0.15) is 21.5 Å². The zero-order valence-corrected chi connectivity index (χ0v) is 18.8. The first-order valence-corrected chi connectivity index (χ1v) is 11.7. The average molecular weight is 497 g/mol. The summed E-state index contributed by atoms with van der Waals surface area (Å²) in [7, 11) is -4.11. The molecule has 2 N–H and O–H groups in total. The number of hydrazone groups is 1. The van der Waals surface area contributed by atoms with E-state index in [1.165, 1.54) is 30.3 Å². The maximum absolute atomic E-state index is 13.7. The van der Waals surface area contributed by atoms with Crippen molar-refractivity contribution >= 4 is 38.6 Å². The van der Waals surface area contributed by atoms with Gasteiger partial charge >= 0.3 is 6.18 Å². The number of benzene rings is 4. The van der Waals surface area contributed by atoms with Gasteiger partial charge in [0, 0.05) is 16.8 Å². The molecule has 0 spiro atoms. The minimum atomic E-state index is -4.77. The van der Waals surface area contributed by atoms with Crippen LogP contribution in [-0.2, 0) is 16.2 Å². The minimum absolute atomic E-state index is 0.0694. The van der Waals surface area contributed by atoms with Gasteiger partial charge in [0.15, 0.2) is 0 Å². The summed E-state index contributed by atoms with van der Waals surface area (Å²) in [5, 5.41) is 7.48. The molecule has 1 amide bonds. The average Bonchev–Trinajstić information content (AvgIpc) is 2.84. The highest BCUT2D eigenvalue weighted by atomic mass is 32.2. The number of anilines is 1. The third-order valence-corrected chi connectivity index (χ3v) is 6.28. The number of carbonyl (C=O) groups is 1. The Balaban J connectivity index is 1.55. The first kappa shape index (κ1) is 24.0. The van der Waals surface area contributed by atoms with Crippen LogP contribution in [0.4, 0.5) is 18.9 Å². The summed E-state index contributed by atoms with van der Waals surface area (Å²) in [5.41, 5.74) is -1.25. The number of sulfonamides is 1. The molecule has 10 heteroatoms. The number of nitrogens with zero attached hydrogens (tertiary/aromatic N) is 1. The van der Waals surface area contributed by atoms with Crippen LogP contribution in [0.25, 0.3) is 10.8 Å². The third kappa shape index (κ3) is 5.67. The SMILES string of the molecule is O=C(Nc1ccc(/C=N/NS(=O)(=O)c2ccc3ccccc3c2)c(C(F)(F)F)c1)c1ccccc1. The summed E-state index contributed by atoms with van der Waals surface area (Å²) in [5.74, 6) is -0.566. The second kappa shape index (κ2) is 9.59. The van der Waals surface area contributed by atoms with Crippen LogP contribution < -0.4 is 10.1 Å². The maximum Gasteiger partial charge on any atom is 0.417 e. The fourth-order valence-corrected chi connectivity index (χ4v) is 4.16. The molecular formula is C25H18F3N3O3S. The number of nitrogens with one attached hydrogen (secondary N) is 2. The van der Waals surface area contributed by atoms with E-state index in [4.69, 9.17) is 0 Å². The Morgan fingerprint density at radius 2 is 1.51 bits per heavy atom. The second-order valence-electron chi connectivity index (χ2n) is 7.48. The number of hydrogen-bond donors (Lipinski definition) is 2. The van der Waals surface area contributed by atoms with Gasteiger partial charge in [0.1, 0.15) is 0 Å². The number of amides is 1. The van der Waals surface area contributed by atoms with E-state index in [1.807, 2.05) is 17.0 Å². The van der Waals surface area contributed by atoms with Crippen LogP contribution in [0.2, 0.25) is 0 Å². The molecule has 6 nitrogen and oxygen atoms in total. The lowest BCUT2D eigenvalue weighted by molar-refractivity contribution is -0.137. The molecule has 0 saturated carbocycles. The summed E-state index contributed by atoms with van der Waals surface area (Å²) < 4.78 is 66.1. The molecule has 4 aromatic rings. The van der Waals surface area contributed by atoms with Crippen LogP contribution in [-0.4, -0.2) is 20.5 Å². The molecule has 0 aliphatic heterocycles. The standard InChI is InChI=1S/C25H18F3N3O3S/c26-25(27,28)23-15-21(30-24(32)18-7-2-1-3-8-18)12-10-20(23)16-29-31-35(33,34)22-13-11-17-6-4-5-9-19(17)14-22/h1-16,31H,(H,30,32)/b29-16+. The second-order valence-corrected chi connectivity index (χ2v) is 9.14. The minimum Gasteiger partial charge on any atom is -0.322 e. The maximum atomic E-state index is 13.7. The van der Waals surface area contributed by atoms with Crippen molar-refractivity contribution in [3.8, 4) is 0 Å². The van der Waals surface area contributed by atoms with E-state index in [0.29, 0.717) is 5.39 Å². The molecule has 4 rings (SSSR count). The Labute approximate surface area is 199 Å². The fourth-order valence-electron chi connectivity index (χ4n) is 3.34. The van der Waals surface area contributed by atoms with Crippen molar-refractivity contribution in [2.75, 3.05) is 5.32 Å². The normalized spacial score (nSPS) is 12.1. The highest BCUT2D eigenvalue weighted by Gasteiger charge is 2.33. The quantitative estimate of drug-likeness (QED) is 0.275. The highest BCUT2D eigenvalue weighted by Crippen LogP contribution is 2.33. The Bertz CT molecular complexity index is 1520. The van der Waals surface area contributed by atoms with Crippen molar-refractivity contribution in [2.24, 2.45) is 5.10 Å². The number of fused-ring (bicyclic) bond motifs is 1. The molecule has 0 radical (unpaired) electrons. The van der Waals surface area contributed by atoms with E-state index in [2.05, 4.69) is 10.4 Å². The zero-order chi connectivity index (χ0) is 25.1. The van der Waals surface area contributed by atoms with Gasteiger partial charge in [-0.2, -0.15) is 26.7 Å². The van der Waals surface area contributed by atoms with Crippen molar-refractivity contribution in [1.29, 1.82) is 0 Å². The molecule has 0 aliphatic carbocycles. The molecule has 0 atom stereocenters. The van der Waals surface area contributed by atoms with E-state index in [1.54, 1.807) is 36.4 Å². The van der Waals surface area contributed by atoms with E-state index in [-0.39, 0.29) is 21.7 Å². The Morgan fingerprint density at radius 3 is 2.23 bits per heavy atom. The molecule has 35 heavy (non-hydrogen) atoms. The van der Waals surface area contributed by atoms with E-state index in [9.17, 15) is 26.4 Å². The lowest BCUT2D eigenvalue weighted by atomic mass is 10.1. The predicted octanol–water partition coefficient (Wildman–Crippen LogP) is 5.42. The Kier molecular flexibility index (Phi) is 6.57. The van der Waals surface area contributed by atoms with Crippen molar-refractivity contribution in [1.82, 2.24) is 4.83 Å². The number of halogens is 3. The Hall–Kier alpha value is -4.18. The van der Waals surface area contributed by atoms with Gasteiger partial charge in [-0.25, -0.2) is 4.83 Å². The number of carbonyl (C=O) groups excluding carboxylic acids is 1. The molecule has 0 fully saturated rings. The molecule has 0 saturated heterocycles. The molecule has 0 aliphatic rings. The largest absolute Gasteiger partial charge is 0.417 e. The van der Waals surface area contributed by atoms with Gasteiger partial charge in [-0.3, -0.25) is 4.79 Å². The van der Waals surface area contributed by atoms with Crippen molar-refractivity contribution < 1.29 is 26.4 Å². The first-order valence-electron chi connectivity index (χ1n) is 10.2. The van der Waals surface area contributed by atoms with E-state index >= 15 is 0 Å². The van der Waals surface area contributed by atoms with Crippen LogP contribution in [0.5, 0.6) is 0 Å². The molecule has 0 bridgehead atoms. The smallest absolute Gasteiger partial charge is 0.322 e. The molecule has 0 unspecified atom stereocenters. The lowest BCUT2D eigenvalue weighted by Gasteiger charge is -2.13. The fraction of sp³-hybridized carbons (Fsp3) is 0.0400. The molecule has 178 valence electrons. The van der Waals surface area contributed by atoms with E-state index in [0.717, 1.165) is 23.7 Å². The lowest BCUT2D eigenvalue weighted by Crippen LogP contribution is -2.19. The number of rotatable bonds is 6. The molecule has 4 aromatic carbocycles. The monoisotopic (exact) mass is 497 g/mol. The van der Waals surface area contributed by atoms with Gasteiger partial charge in [-0.15, -0.1) is 0 Å². The first-order chi connectivity index (χ1) is 16.6. The van der Waals surface area contributed by atoms with E-state index < -0.39 is 27.7 Å². The third-order valence-electron chi connectivity index (χ3n) is 5.06. The van der Waals surface area contributed by atoms with Gasteiger partial charge in [-0.1, -0.05) is 54.6 Å². The molecular weight excluding hydrogens is 479 g/mol. The van der Waals surface area contributed by atoms with Crippen LogP contribution in [0, 0.1) is 0 Å². The van der Waals surface area contributed by atoms with Crippen LogP contribution >= 0.6 is 0 Å². The summed E-state index contributed by atoms with van der Waals surface area (Å²) in [4.78, 5) is 14.1. The van der Waals surface area contributed by atoms with Crippen LogP contribution in [0.15, 0.2) is 101 Å². The Morgan fingerprint density at radius 1 is 0.829 bits per heavy atom. The van der Waals surface area contributed by atoms with Gasteiger partial charge in [0.2, 0.25) is 0 Å². The van der Waals surface area contributed by atoms with Crippen molar-refractivity contribution in [3.63, 3.8) is 0 Å². The van der Waals surface area contributed by atoms with Gasteiger partial charge in [0.05, 0.1) is 16.7 Å². The van der Waals surface area contributed by atoms with Crippen molar-refractivity contribution in [2.45, 2.75) is 11.1 Å². The molecule has 0 heterocycles. The summed E-state index contributed by atoms with van der Waals surface area (Å²) in [6, 6.07) is 22.8. The number of alkyl halides is 3. The van der Waals surface area contributed by atoms with Gasteiger partial charge < -0.3 is 5.32 Å². The highest BCUT2D eigenvalue weighted by molar-refractivity contribution is 7.89. The summed E-state index contributed by atoms with van der Waals surface area (Å²) in [6.07, 6.45) is -4.00. The summed E-state index contributed by atoms with van der Waals surface area (Å²) >= 11 is 0. The van der Waals surface area contributed by atoms with Gasteiger partial charge in [0.25, 0.3) is 15.9 Å². The topological polar surface area (TPSA) is 87.6 Å². The van der Waals surface area contributed by atoms with Crippen LogP contribution in [0.3, 0.4) is 0 Å². The summed E-state index contributed by atoms with van der Waals surface area (Å²) in [6.45, 7) is 0. The predicted molar refractivity (Wildman–Crippen MR) is 128 cm³/mol. The van der Waals surface area contributed by atoms with Gasteiger partial charge in [-0.05, 0) is 47.2 Å². The number of hydrogen-bond acceptors (Lipinski definition) is 4. The van der Waals surface area contributed by atoms with Crippen molar-refractivity contribution in [3.05, 3.63) is 108 Å². The molecule has 0 aromatic heterocycles. The zero-order valence-electron chi connectivity index (χ0n) is 18.0.